The molecule has 2 atom stereocenters. The van der Waals surface area contributed by atoms with Crippen molar-refractivity contribution in [2.45, 2.75) is 36.7 Å². The zero-order valence-corrected chi connectivity index (χ0v) is 19.1. The number of aliphatic imine (C=N–C) groups is 1. The van der Waals surface area contributed by atoms with Gasteiger partial charge in [0.15, 0.2) is 0 Å². The minimum atomic E-state index is -3.68. The lowest BCUT2D eigenvalue weighted by Gasteiger charge is -2.29. The second kappa shape index (κ2) is 9.17. The minimum absolute atomic E-state index is 0.134. The maximum atomic E-state index is 14.6. The summed E-state index contributed by atoms with van der Waals surface area (Å²) in [6.45, 7) is 3.33. The fourth-order valence-corrected chi connectivity index (χ4v) is 5.65. The van der Waals surface area contributed by atoms with E-state index in [2.05, 4.69) is 19.9 Å². The van der Waals surface area contributed by atoms with Gasteiger partial charge in [0.05, 0.1) is 10.9 Å². The van der Waals surface area contributed by atoms with Crippen LogP contribution in [-0.4, -0.2) is 50.7 Å². The summed E-state index contributed by atoms with van der Waals surface area (Å²) in [4.78, 5) is 19.3. The molecule has 2 aromatic carbocycles. The van der Waals surface area contributed by atoms with Crippen LogP contribution in [0.2, 0.25) is 5.02 Å². The molecule has 2 aliphatic rings. The summed E-state index contributed by atoms with van der Waals surface area (Å²) in [7, 11) is -3.68. The van der Waals surface area contributed by atoms with E-state index in [1.165, 1.54) is 12.1 Å². The number of likely N-dealkylation sites (tertiary alicyclic amines) is 1. The van der Waals surface area contributed by atoms with Gasteiger partial charge in [0.25, 0.3) is 10.0 Å². The van der Waals surface area contributed by atoms with Crippen LogP contribution in [0.15, 0.2) is 52.4 Å². The summed E-state index contributed by atoms with van der Waals surface area (Å²) in [6.07, 6.45) is 2.00. The van der Waals surface area contributed by atoms with E-state index in [0.717, 1.165) is 25.9 Å². The number of nitrogens with zero attached hydrogens (tertiary/aromatic N) is 2. The van der Waals surface area contributed by atoms with Crippen molar-refractivity contribution in [3.63, 3.8) is 0 Å². The topological polar surface area (TPSA) is 90.9 Å². The second-order valence-corrected chi connectivity index (χ2v) is 9.95. The predicted molar refractivity (Wildman–Crippen MR) is 121 cm³/mol. The molecule has 170 valence electrons. The Morgan fingerprint density at radius 2 is 1.94 bits per heavy atom. The highest BCUT2D eigenvalue weighted by Gasteiger charge is 2.32. The number of benzene rings is 2. The first-order chi connectivity index (χ1) is 15.3. The number of fused-ring (bicyclic) bond motifs is 1. The maximum Gasteiger partial charge on any atom is 0.263 e. The van der Waals surface area contributed by atoms with Crippen LogP contribution in [0.4, 0.5) is 4.39 Å². The van der Waals surface area contributed by atoms with Crippen molar-refractivity contribution >= 4 is 33.4 Å². The Kier molecular flexibility index (Phi) is 6.50. The van der Waals surface area contributed by atoms with Crippen LogP contribution < -0.4 is 10.0 Å². The van der Waals surface area contributed by atoms with Crippen LogP contribution in [0.5, 0.6) is 0 Å². The van der Waals surface area contributed by atoms with Gasteiger partial charge in [-0.1, -0.05) is 29.8 Å². The molecule has 2 N–H and O–H groups in total. The molecule has 4 rings (SSSR count). The van der Waals surface area contributed by atoms with E-state index >= 15 is 0 Å². The Labute approximate surface area is 191 Å². The van der Waals surface area contributed by atoms with Crippen LogP contribution >= 0.6 is 11.6 Å². The summed E-state index contributed by atoms with van der Waals surface area (Å²) >= 11 is 6.30. The van der Waals surface area contributed by atoms with Gasteiger partial charge in [-0.2, -0.15) is 0 Å². The zero-order chi connectivity index (χ0) is 22.9. The molecule has 1 fully saturated rings. The molecule has 0 spiro atoms. The molecule has 0 saturated carbocycles. The first-order valence-corrected chi connectivity index (χ1v) is 12.3. The molecule has 32 heavy (non-hydrogen) atoms. The molecule has 2 heterocycles. The van der Waals surface area contributed by atoms with Gasteiger partial charge in [-0.25, -0.2) is 12.8 Å². The Hall–Kier alpha value is -2.49. The Morgan fingerprint density at radius 1 is 1.22 bits per heavy atom. The summed E-state index contributed by atoms with van der Waals surface area (Å²) in [5, 5.41) is 3.16. The van der Waals surface area contributed by atoms with Crippen LogP contribution in [0.25, 0.3) is 0 Å². The minimum Gasteiger partial charge on any atom is -0.352 e. The van der Waals surface area contributed by atoms with Gasteiger partial charge in [-0.05, 0) is 57.1 Å². The Bertz CT molecular complexity index is 1150. The lowest BCUT2D eigenvalue weighted by molar-refractivity contribution is -0.122. The predicted octanol–water partition coefficient (Wildman–Crippen LogP) is 2.86. The van der Waals surface area contributed by atoms with E-state index < -0.39 is 33.8 Å². The highest BCUT2D eigenvalue weighted by atomic mass is 35.5. The second-order valence-electron chi connectivity index (χ2n) is 7.89. The number of hydrogen-bond donors (Lipinski definition) is 2. The van der Waals surface area contributed by atoms with Crippen molar-refractivity contribution in [1.82, 2.24) is 14.9 Å². The SMILES string of the molecule is C[C@H](N=C1NS(=O)(=O)c2ccccc21)C(=O)NCC(c1c(F)cccc1Cl)N1CCCC1. The molecule has 1 unspecified atom stereocenters. The number of nitrogens with one attached hydrogen (secondary N) is 2. The molecular formula is C22H24ClFN4O3S. The van der Waals surface area contributed by atoms with Gasteiger partial charge in [-0.15, -0.1) is 0 Å². The van der Waals surface area contributed by atoms with Crippen LogP contribution in [0, 0.1) is 5.82 Å². The van der Waals surface area contributed by atoms with Crippen molar-refractivity contribution in [2.24, 2.45) is 4.99 Å². The monoisotopic (exact) mass is 478 g/mol. The van der Waals surface area contributed by atoms with E-state index in [-0.39, 0.29) is 17.3 Å². The molecular weight excluding hydrogens is 455 g/mol. The van der Waals surface area contributed by atoms with E-state index in [1.807, 2.05) is 0 Å². The van der Waals surface area contributed by atoms with Crippen LogP contribution in [-0.2, 0) is 14.8 Å². The molecule has 10 heteroatoms. The molecule has 7 nitrogen and oxygen atoms in total. The number of amidine groups is 1. The van der Waals surface area contributed by atoms with Crippen molar-refractivity contribution in [3.8, 4) is 0 Å². The van der Waals surface area contributed by atoms with Gasteiger partial charge >= 0.3 is 0 Å². The number of hydrogen-bond acceptors (Lipinski definition) is 5. The molecule has 0 aliphatic carbocycles. The molecule has 2 aliphatic heterocycles. The quantitative estimate of drug-likeness (QED) is 0.668. The van der Waals surface area contributed by atoms with Crippen molar-refractivity contribution < 1.29 is 17.6 Å². The van der Waals surface area contributed by atoms with Crippen molar-refractivity contribution in [2.75, 3.05) is 19.6 Å². The lowest BCUT2D eigenvalue weighted by Crippen LogP contribution is -2.40. The summed E-state index contributed by atoms with van der Waals surface area (Å²) in [6, 6.07) is 9.77. The van der Waals surface area contributed by atoms with Gasteiger partial charge in [0.2, 0.25) is 5.91 Å². The lowest BCUT2D eigenvalue weighted by atomic mass is 10.0. The van der Waals surface area contributed by atoms with Gasteiger partial charge in [0, 0.05) is 22.7 Å². The van der Waals surface area contributed by atoms with Crippen molar-refractivity contribution in [1.29, 1.82) is 0 Å². The maximum absolute atomic E-state index is 14.6. The summed E-state index contributed by atoms with van der Waals surface area (Å²) < 4.78 is 41.5. The third-order valence-electron chi connectivity index (χ3n) is 5.75. The largest absolute Gasteiger partial charge is 0.352 e. The summed E-state index contributed by atoms with van der Waals surface area (Å²) in [5.41, 5.74) is 0.799. The fourth-order valence-electron chi connectivity index (χ4n) is 4.12. The van der Waals surface area contributed by atoms with E-state index in [9.17, 15) is 17.6 Å². The highest BCUT2D eigenvalue weighted by molar-refractivity contribution is 7.90. The molecule has 0 bridgehead atoms. The standard InChI is InChI=1S/C22H24ClFN4O3S/c1-14(26-21-15-7-2-3-10-19(15)32(30,31)27-21)22(29)25-13-18(28-11-4-5-12-28)20-16(23)8-6-9-17(20)24/h2-3,6-10,14,18H,4-5,11-13H2,1H3,(H,25,29)(H,26,27)/t14-,18?/m0/s1. The normalized spacial score (nSPS) is 20.5. The number of sulfonamides is 1. The Balaban J connectivity index is 1.51. The first kappa shape index (κ1) is 22.7. The molecule has 2 aromatic rings. The molecule has 0 aromatic heterocycles. The van der Waals surface area contributed by atoms with Gasteiger partial charge in [0.1, 0.15) is 17.7 Å². The Morgan fingerprint density at radius 3 is 2.66 bits per heavy atom. The van der Waals surface area contributed by atoms with E-state index in [0.29, 0.717) is 16.1 Å². The molecule has 0 radical (unpaired) electrons. The van der Waals surface area contributed by atoms with E-state index in [4.69, 9.17) is 11.6 Å². The first-order valence-electron chi connectivity index (χ1n) is 10.4. The number of halogens is 2. The average molecular weight is 479 g/mol. The number of carbonyl (C=O) groups excluding carboxylic acids is 1. The zero-order valence-electron chi connectivity index (χ0n) is 17.5. The average Bonchev–Trinajstić information content (AvgIpc) is 3.37. The third kappa shape index (κ3) is 4.51. The number of rotatable bonds is 6. The number of amides is 1. The van der Waals surface area contributed by atoms with Crippen molar-refractivity contribution in [3.05, 3.63) is 64.4 Å². The highest BCUT2D eigenvalue weighted by Crippen LogP contribution is 2.32. The fraction of sp³-hybridized carbons (Fsp3) is 0.364. The summed E-state index contributed by atoms with van der Waals surface area (Å²) in [5.74, 6) is -0.664. The third-order valence-corrected chi connectivity index (χ3v) is 7.48. The molecule has 1 amide bonds. The van der Waals surface area contributed by atoms with E-state index in [1.54, 1.807) is 37.3 Å². The van der Waals surface area contributed by atoms with Gasteiger partial charge in [-0.3, -0.25) is 19.4 Å². The smallest absolute Gasteiger partial charge is 0.263 e. The molecule has 1 saturated heterocycles. The van der Waals surface area contributed by atoms with Crippen LogP contribution in [0.3, 0.4) is 0 Å². The number of carbonyl (C=O) groups is 1. The van der Waals surface area contributed by atoms with Gasteiger partial charge < -0.3 is 5.32 Å². The van der Waals surface area contributed by atoms with Crippen LogP contribution in [0.1, 0.15) is 36.9 Å².